The average Bonchev–Trinajstić information content (AvgIpc) is 1.88. The van der Waals surface area contributed by atoms with Crippen molar-refractivity contribution in [3.8, 4) is 0 Å². The highest BCUT2D eigenvalue weighted by atomic mass is 16.4. The van der Waals surface area contributed by atoms with Gasteiger partial charge in [0.2, 0.25) is 5.78 Å². The third kappa shape index (κ3) is 11.4. The smallest absolute Gasteiger partial charge is 0.371 e. The first-order valence-corrected chi connectivity index (χ1v) is 2.93. The molecule has 0 unspecified atom stereocenters. The number of aliphatic hydroxyl groups is 1. The molecule has 0 bridgehead atoms. The molecule has 0 aromatic heterocycles. The van der Waals surface area contributed by atoms with Gasteiger partial charge in [0, 0.05) is 6.92 Å². The number of aliphatic hydroxyl groups excluding tert-OH is 1. The molecule has 6 nitrogen and oxygen atoms in total. The molecule has 0 aromatic rings. The molecule has 0 rings (SSSR count). The maximum atomic E-state index is 9.54. The normalized spacial score (nSPS) is 10.6. The second-order valence-electron chi connectivity index (χ2n) is 1.88. The van der Waals surface area contributed by atoms with E-state index in [1.54, 1.807) is 0 Å². The standard InChI is InChI=1S/C3H6O3.C3H4O3/c2*1-2(4)3(5)6/h2,4H,1H3,(H,5,6);1H3,(H,5,6)/t2-;/m0./s1. The van der Waals surface area contributed by atoms with Gasteiger partial charge in [0.25, 0.3) is 0 Å². The summed E-state index contributed by atoms with van der Waals surface area (Å²) in [5.74, 6) is -3.39. The van der Waals surface area contributed by atoms with Crippen LogP contribution in [-0.2, 0) is 14.4 Å². The van der Waals surface area contributed by atoms with E-state index in [4.69, 9.17) is 15.3 Å². The number of Topliss-reactive ketones (excluding diaryl/α,β-unsaturated/α-hetero) is 1. The second-order valence-corrected chi connectivity index (χ2v) is 1.88. The predicted molar refractivity (Wildman–Crippen MR) is 37.6 cm³/mol. The van der Waals surface area contributed by atoms with Gasteiger partial charge in [-0.05, 0) is 6.92 Å². The fourth-order valence-corrected chi connectivity index (χ4v) is 0. The van der Waals surface area contributed by atoms with E-state index in [9.17, 15) is 14.4 Å². The quantitative estimate of drug-likeness (QED) is 0.473. The Morgan fingerprint density at radius 2 is 1.33 bits per heavy atom. The average molecular weight is 178 g/mol. The van der Waals surface area contributed by atoms with Crippen LogP contribution in [0.3, 0.4) is 0 Å². The molecule has 0 fully saturated rings. The summed E-state index contributed by atoms with van der Waals surface area (Å²) in [6.07, 6.45) is -1.23. The van der Waals surface area contributed by atoms with Crippen molar-refractivity contribution in [1.82, 2.24) is 0 Å². The van der Waals surface area contributed by atoms with Crippen LogP contribution in [0.5, 0.6) is 0 Å². The summed E-state index contributed by atoms with van der Waals surface area (Å²) >= 11 is 0. The SMILES string of the molecule is CC(=O)C(=O)O.C[C@H](O)C(=O)O. The highest BCUT2D eigenvalue weighted by molar-refractivity contribution is 6.31. The molecular formula is C6H10O6. The van der Waals surface area contributed by atoms with E-state index in [1.807, 2.05) is 0 Å². The summed E-state index contributed by atoms with van der Waals surface area (Å²) in [5, 5.41) is 23.4. The van der Waals surface area contributed by atoms with Crippen LogP contribution in [0.4, 0.5) is 0 Å². The van der Waals surface area contributed by atoms with Gasteiger partial charge < -0.3 is 15.3 Å². The Balaban J connectivity index is 0. The number of aliphatic carboxylic acids is 2. The summed E-state index contributed by atoms with van der Waals surface area (Å²) in [7, 11) is 0. The van der Waals surface area contributed by atoms with Crippen LogP contribution in [0.25, 0.3) is 0 Å². The van der Waals surface area contributed by atoms with Gasteiger partial charge in [0.15, 0.2) is 0 Å². The lowest BCUT2D eigenvalue weighted by molar-refractivity contribution is -0.148. The van der Waals surface area contributed by atoms with E-state index < -0.39 is 23.8 Å². The molecule has 0 aromatic carbocycles. The maximum absolute atomic E-state index is 9.54. The van der Waals surface area contributed by atoms with E-state index in [1.165, 1.54) is 6.92 Å². The molecule has 6 heteroatoms. The Labute approximate surface area is 68.4 Å². The van der Waals surface area contributed by atoms with Gasteiger partial charge in [-0.2, -0.15) is 0 Å². The molecule has 0 saturated carbocycles. The van der Waals surface area contributed by atoms with E-state index in [0.717, 1.165) is 6.92 Å². The number of hydrogen-bond acceptors (Lipinski definition) is 4. The number of rotatable bonds is 2. The van der Waals surface area contributed by atoms with Crippen LogP contribution in [-0.4, -0.2) is 39.1 Å². The molecule has 0 aliphatic heterocycles. The fourth-order valence-electron chi connectivity index (χ4n) is 0. The number of hydrogen-bond donors (Lipinski definition) is 3. The monoisotopic (exact) mass is 178 g/mol. The topological polar surface area (TPSA) is 112 Å². The molecule has 0 radical (unpaired) electrons. The Hall–Kier alpha value is -1.43. The molecule has 0 aliphatic carbocycles. The Morgan fingerprint density at radius 3 is 1.33 bits per heavy atom. The van der Waals surface area contributed by atoms with Gasteiger partial charge >= 0.3 is 11.9 Å². The Kier molecular flexibility index (Phi) is 6.91. The lowest BCUT2D eigenvalue weighted by Crippen LogP contribution is -2.13. The molecule has 3 N–H and O–H groups in total. The summed E-state index contributed by atoms with van der Waals surface area (Å²) in [5.41, 5.74) is 0. The zero-order chi connectivity index (χ0) is 10.3. The number of carboxylic acid groups (broad SMARTS) is 2. The van der Waals surface area contributed by atoms with Gasteiger partial charge in [0.05, 0.1) is 0 Å². The molecule has 12 heavy (non-hydrogen) atoms. The van der Waals surface area contributed by atoms with Crippen molar-refractivity contribution in [2.75, 3.05) is 0 Å². The highest BCUT2D eigenvalue weighted by Gasteiger charge is 2.01. The van der Waals surface area contributed by atoms with Crippen LogP contribution in [0.15, 0.2) is 0 Å². The first kappa shape index (κ1) is 13.2. The second kappa shape index (κ2) is 6.29. The lowest BCUT2D eigenvalue weighted by Gasteiger charge is -1.89. The third-order valence-corrected chi connectivity index (χ3v) is 0.659. The summed E-state index contributed by atoms with van der Waals surface area (Å²) in [4.78, 5) is 28.3. The number of carbonyl (C=O) groups is 3. The lowest BCUT2D eigenvalue weighted by atomic mass is 10.4. The van der Waals surface area contributed by atoms with Gasteiger partial charge in [-0.25, -0.2) is 9.59 Å². The molecule has 0 spiro atoms. The number of carboxylic acids is 2. The summed E-state index contributed by atoms with van der Waals surface area (Å²) < 4.78 is 0. The van der Waals surface area contributed by atoms with Crippen LogP contribution in [0, 0.1) is 0 Å². The Morgan fingerprint density at radius 1 is 1.17 bits per heavy atom. The van der Waals surface area contributed by atoms with E-state index >= 15 is 0 Å². The van der Waals surface area contributed by atoms with Crippen molar-refractivity contribution in [2.45, 2.75) is 20.0 Å². The van der Waals surface area contributed by atoms with Gasteiger partial charge in [-0.15, -0.1) is 0 Å². The minimum Gasteiger partial charge on any atom is -0.479 e. The van der Waals surface area contributed by atoms with E-state index in [2.05, 4.69) is 0 Å². The van der Waals surface area contributed by atoms with Crippen molar-refractivity contribution in [1.29, 1.82) is 0 Å². The molecule has 0 saturated heterocycles. The molecule has 70 valence electrons. The maximum Gasteiger partial charge on any atom is 0.371 e. The minimum absolute atomic E-state index is 0.824. The van der Waals surface area contributed by atoms with Crippen molar-refractivity contribution in [2.24, 2.45) is 0 Å². The van der Waals surface area contributed by atoms with Crippen LogP contribution in [0.1, 0.15) is 13.8 Å². The van der Waals surface area contributed by atoms with E-state index in [0.29, 0.717) is 0 Å². The zero-order valence-corrected chi connectivity index (χ0v) is 6.64. The van der Waals surface area contributed by atoms with Crippen molar-refractivity contribution in [3.63, 3.8) is 0 Å². The molecule has 0 heterocycles. The van der Waals surface area contributed by atoms with E-state index in [-0.39, 0.29) is 0 Å². The first-order valence-electron chi connectivity index (χ1n) is 2.93. The zero-order valence-electron chi connectivity index (χ0n) is 6.64. The third-order valence-electron chi connectivity index (χ3n) is 0.659. The first-order chi connectivity index (χ1) is 5.29. The van der Waals surface area contributed by atoms with Crippen molar-refractivity contribution < 1.29 is 29.7 Å². The van der Waals surface area contributed by atoms with Crippen LogP contribution < -0.4 is 0 Å². The number of ketones is 1. The number of carbonyl (C=O) groups excluding carboxylic acids is 1. The van der Waals surface area contributed by atoms with Crippen LogP contribution in [0.2, 0.25) is 0 Å². The van der Waals surface area contributed by atoms with Gasteiger partial charge in [0.1, 0.15) is 6.10 Å². The highest BCUT2D eigenvalue weighted by Crippen LogP contribution is 1.73. The molecule has 1 atom stereocenters. The van der Waals surface area contributed by atoms with Crippen LogP contribution >= 0.6 is 0 Å². The fraction of sp³-hybridized carbons (Fsp3) is 0.500. The van der Waals surface area contributed by atoms with Crippen molar-refractivity contribution >= 4 is 17.7 Å². The predicted octanol–water partition coefficient (Wildman–Crippen LogP) is -0.888. The minimum atomic E-state index is -1.38. The molecular weight excluding hydrogens is 168 g/mol. The Bertz CT molecular complexity index is 170. The van der Waals surface area contributed by atoms with Gasteiger partial charge in [-0.3, -0.25) is 4.79 Å². The van der Waals surface area contributed by atoms with Gasteiger partial charge in [-0.1, -0.05) is 0 Å². The largest absolute Gasteiger partial charge is 0.479 e. The summed E-state index contributed by atoms with van der Waals surface area (Å²) in [6, 6.07) is 0. The summed E-state index contributed by atoms with van der Waals surface area (Å²) in [6.45, 7) is 2.20. The molecule has 0 aliphatic rings. The molecule has 0 amide bonds. The van der Waals surface area contributed by atoms with Crippen molar-refractivity contribution in [3.05, 3.63) is 0 Å².